The largest absolute Gasteiger partial charge is 0.478 e. The molecule has 0 aliphatic heterocycles. The van der Waals surface area contributed by atoms with Crippen LogP contribution in [0.15, 0.2) is 55.1 Å². The number of hydrogen-bond acceptors (Lipinski definition) is 3. The fraction of sp³-hybridized carbons (Fsp3) is 0.200. The molecule has 1 heterocycles. The van der Waals surface area contributed by atoms with Crippen LogP contribution in [-0.4, -0.2) is 25.7 Å². The van der Waals surface area contributed by atoms with E-state index in [4.69, 9.17) is 0 Å². The van der Waals surface area contributed by atoms with Crippen LogP contribution in [0, 0.1) is 20.8 Å². The van der Waals surface area contributed by atoms with Gasteiger partial charge >= 0.3 is 5.97 Å². The Balaban J connectivity index is 2.35. The number of imidazole rings is 1. The molecule has 5 heteroatoms. The van der Waals surface area contributed by atoms with E-state index < -0.39 is 11.7 Å². The molecular formula is C20H20N2O3. The van der Waals surface area contributed by atoms with Crippen LogP contribution in [0.25, 0.3) is 0 Å². The van der Waals surface area contributed by atoms with E-state index in [1.54, 1.807) is 35.4 Å². The average Bonchev–Trinajstić information content (AvgIpc) is 3.09. The number of carbonyl (C=O) groups is 1. The maximum Gasteiger partial charge on any atom is 0.335 e. The van der Waals surface area contributed by atoms with Crippen LogP contribution in [0.4, 0.5) is 0 Å². The van der Waals surface area contributed by atoms with Gasteiger partial charge in [-0.05, 0) is 49.6 Å². The van der Waals surface area contributed by atoms with Crippen LogP contribution in [-0.2, 0) is 5.72 Å². The summed E-state index contributed by atoms with van der Waals surface area (Å²) in [5, 5.41) is 21.2. The van der Waals surface area contributed by atoms with Gasteiger partial charge in [-0.25, -0.2) is 9.78 Å². The van der Waals surface area contributed by atoms with Crippen molar-refractivity contribution in [2.24, 2.45) is 0 Å². The summed E-state index contributed by atoms with van der Waals surface area (Å²) in [5.74, 6) is -0.986. The molecule has 2 N–H and O–H groups in total. The van der Waals surface area contributed by atoms with Crippen molar-refractivity contribution in [1.82, 2.24) is 9.55 Å². The number of aliphatic hydroxyl groups is 1. The number of aromatic nitrogens is 2. The van der Waals surface area contributed by atoms with Gasteiger partial charge in [0.15, 0.2) is 5.72 Å². The fourth-order valence-electron chi connectivity index (χ4n) is 3.45. The van der Waals surface area contributed by atoms with Gasteiger partial charge in [0.2, 0.25) is 0 Å². The molecule has 0 aliphatic carbocycles. The van der Waals surface area contributed by atoms with Crippen molar-refractivity contribution < 1.29 is 15.0 Å². The highest BCUT2D eigenvalue weighted by molar-refractivity contribution is 5.88. The third-order valence-corrected chi connectivity index (χ3v) is 4.53. The zero-order chi connectivity index (χ0) is 18.2. The molecule has 1 unspecified atom stereocenters. The van der Waals surface area contributed by atoms with Crippen LogP contribution in [0.1, 0.15) is 38.2 Å². The summed E-state index contributed by atoms with van der Waals surface area (Å²) in [4.78, 5) is 15.4. The van der Waals surface area contributed by atoms with Gasteiger partial charge in [0.05, 0.1) is 11.9 Å². The topological polar surface area (TPSA) is 75.3 Å². The van der Waals surface area contributed by atoms with Gasteiger partial charge in [-0.2, -0.15) is 0 Å². The molecule has 25 heavy (non-hydrogen) atoms. The standard InChI is InChI=1S/C20H20N2O3/c1-13-6-4-5-7-17(13)20(25,22-9-8-21-12-22)18-14(2)10-16(19(23)24)11-15(18)3/h4-12,25H,1-3H3,(H,23,24). The molecular weight excluding hydrogens is 316 g/mol. The van der Waals surface area contributed by atoms with E-state index in [1.807, 2.05) is 45.0 Å². The van der Waals surface area contributed by atoms with E-state index in [1.165, 1.54) is 0 Å². The molecule has 3 rings (SSSR count). The number of benzene rings is 2. The predicted octanol–water partition coefficient (Wildman–Crippen LogP) is 3.25. The highest BCUT2D eigenvalue weighted by atomic mass is 16.4. The van der Waals surface area contributed by atoms with Gasteiger partial charge in [0.1, 0.15) is 0 Å². The van der Waals surface area contributed by atoms with Gasteiger partial charge in [-0.1, -0.05) is 24.3 Å². The molecule has 0 bridgehead atoms. The van der Waals surface area contributed by atoms with E-state index in [0.29, 0.717) is 16.7 Å². The molecule has 2 aromatic carbocycles. The Hall–Kier alpha value is -2.92. The average molecular weight is 336 g/mol. The van der Waals surface area contributed by atoms with Gasteiger partial charge in [0, 0.05) is 23.5 Å². The summed E-state index contributed by atoms with van der Waals surface area (Å²) in [7, 11) is 0. The molecule has 5 nitrogen and oxygen atoms in total. The van der Waals surface area contributed by atoms with Gasteiger partial charge in [0.25, 0.3) is 0 Å². The molecule has 0 spiro atoms. The van der Waals surface area contributed by atoms with E-state index >= 15 is 0 Å². The van der Waals surface area contributed by atoms with E-state index in [0.717, 1.165) is 11.1 Å². The highest BCUT2D eigenvalue weighted by Crippen LogP contribution is 2.37. The predicted molar refractivity (Wildman–Crippen MR) is 94.7 cm³/mol. The first-order valence-electron chi connectivity index (χ1n) is 7.97. The number of aryl methyl sites for hydroxylation is 3. The fourth-order valence-corrected chi connectivity index (χ4v) is 3.45. The number of carboxylic acids is 1. The van der Waals surface area contributed by atoms with Crippen molar-refractivity contribution in [1.29, 1.82) is 0 Å². The molecule has 0 saturated carbocycles. The van der Waals surface area contributed by atoms with Crippen molar-refractivity contribution in [2.45, 2.75) is 26.5 Å². The van der Waals surface area contributed by atoms with Crippen LogP contribution in [0.3, 0.4) is 0 Å². The van der Waals surface area contributed by atoms with E-state index in [-0.39, 0.29) is 5.56 Å². The molecule has 0 amide bonds. The number of rotatable bonds is 4. The van der Waals surface area contributed by atoms with Gasteiger partial charge in [-0.15, -0.1) is 0 Å². The first-order chi connectivity index (χ1) is 11.9. The van der Waals surface area contributed by atoms with Crippen LogP contribution in [0.5, 0.6) is 0 Å². The maximum atomic E-state index is 11.9. The Labute approximate surface area is 146 Å². The first-order valence-corrected chi connectivity index (χ1v) is 7.97. The second kappa shape index (κ2) is 6.18. The summed E-state index contributed by atoms with van der Waals surface area (Å²) in [6.45, 7) is 5.57. The minimum atomic E-state index is -1.48. The number of aromatic carboxylic acids is 1. The second-order valence-electron chi connectivity index (χ2n) is 6.25. The third kappa shape index (κ3) is 2.72. The molecule has 0 aliphatic rings. The van der Waals surface area contributed by atoms with Gasteiger partial charge in [-0.3, -0.25) is 0 Å². The number of hydrogen-bond donors (Lipinski definition) is 2. The lowest BCUT2D eigenvalue weighted by Gasteiger charge is -2.34. The molecule has 128 valence electrons. The Morgan fingerprint density at radius 2 is 1.72 bits per heavy atom. The first kappa shape index (κ1) is 16.9. The normalized spacial score (nSPS) is 13.4. The number of carboxylic acid groups (broad SMARTS) is 1. The van der Waals surface area contributed by atoms with Crippen LogP contribution < -0.4 is 0 Å². The lowest BCUT2D eigenvalue weighted by molar-refractivity contribution is 0.0465. The Bertz CT molecular complexity index is 909. The van der Waals surface area contributed by atoms with Crippen molar-refractivity contribution in [3.63, 3.8) is 0 Å². The summed E-state index contributed by atoms with van der Waals surface area (Å²) >= 11 is 0. The van der Waals surface area contributed by atoms with Crippen molar-refractivity contribution >= 4 is 5.97 Å². The van der Waals surface area contributed by atoms with Crippen molar-refractivity contribution in [2.75, 3.05) is 0 Å². The monoisotopic (exact) mass is 336 g/mol. The van der Waals surface area contributed by atoms with E-state index in [2.05, 4.69) is 4.98 Å². The van der Waals surface area contributed by atoms with Gasteiger partial charge < -0.3 is 14.8 Å². The molecule has 0 saturated heterocycles. The molecule has 1 aromatic heterocycles. The Morgan fingerprint density at radius 1 is 1.08 bits per heavy atom. The maximum absolute atomic E-state index is 11.9. The number of nitrogens with zero attached hydrogens (tertiary/aromatic N) is 2. The third-order valence-electron chi connectivity index (χ3n) is 4.53. The van der Waals surface area contributed by atoms with Crippen molar-refractivity contribution in [3.05, 3.63) is 88.5 Å². The van der Waals surface area contributed by atoms with E-state index in [9.17, 15) is 15.0 Å². The zero-order valence-corrected chi connectivity index (χ0v) is 14.4. The summed E-state index contributed by atoms with van der Waals surface area (Å²) in [5.41, 5.74) is 2.45. The second-order valence-corrected chi connectivity index (χ2v) is 6.25. The van der Waals surface area contributed by atoms with Crippen LogP contribution in [0.2, 0.25) is 0 Å². The zero-order valence-electron chi connectivity index (χ0n) is 14.4. The molecule has 0 fully saturated rings. The minimum Gasteiger partial charge on any atom is -0.478 e. The smallest absolute Gasteiger partial charge is 0.335 e. The summed E-state index contributed by atoms with van der Waals surface area (Å²) in [6.07, 6.45) is 4.88. The minimum absolute atomic E-state index is 0.205. The summed E-state index contributed by atoms with van der Waals surface area (Å²) in [6, 6.07) is 10.8. The Kier molecular flexibility index (Phi) is 4.18. The molecule has 1 atom stereocenters. The highest BCUT2D eigenvalue weighted by Gasteiger charge is 2.37. The quantitative estimate of drug-likeness (QED) is 0.767. The Morgan fingerprint density at radius 3 is 2.24 bits per heavy atom. The lowest BCUT2D eigenvalue weighted by atomic mass is 9.84. The lowest BCUT2D eigenvalue weighted by Crippen LogP contribution is -2.37. The summed E-state index contributed by atoms with van der Waals surface area (Å²) < 4.78 is 1.64. The molecule has 0 radical (unpaired) electrons. The SMILES string of the molecule is Cc1ccccc1C(O)(c1c(C)cc(C(=O)O)cc1C)n1ccnc1. The molecule has 3 aromatic rings. The van der Waals surface area contributed by atoms with Crippen LogP contribution >= 0.6 is 0 Å². The van der Waals surface area contributed by atoms with Crippen molar-refractivity contribution in [3.8, 4) is 0 Å².